The average Bonchev–Trinajstić information content (AvgIpc) is 2.59. The minimum Gasteiger partial charge on any atom is -0.312 e. The van der Waals surface area contributed by atoms with Gasteiger partial charge in [-0.05, 0) is 33.3 Å². The van der Waals surface area contributed by atoms with E-state index in [2.05, 4.69) is 31.2 Å². The Morgan fingerprint density at radius 1 is 1.41 bits per heavy atom. The first-order valence-corrected chi connectivity index (χ1v) is 6.12. The molecule has 4 heteroatoms. The van der Waals surface area contributed by atoms with Crippen LogP contribution in [0.25, 0.3) is 0 Å². The summed E-state index contributed by atoms with van der Waals surface area (Å²) in [5.41, 5.74) is 1.20. The van der Waals surface area contributed by atoms with E-state index in [0.29, 0.717) is 18.6 Å². The van der Waals surface area contributed by atoms with Gasteiger partial charge >= 0.3 is 0 Å². The number of hydrogen-bond donors (Lipinski definition) is 1. The first-order chi connectivity index (χ1) is 7.88. The van der Waals surface area contributed by atoms with Gasteiger partial charge in [0.25, 0.3) is 0 Å². The normalized spacial score (nSPS) is 11.8. The van der Waals surface area contributed by atoms with E-state index in [4.69, 9.17) is 0 Å². The van der Waals surface area contributed by atoms with Crippen molar-refractivity contribution >= 4 is 5.78 Å². The average molecular weight is 237 g/mol. The Balaban J connectivity index is 2.20. The van der Waals surface area contributed by atoms with Crippen LogP contribution in [0.5, 0.6) is 0 Å². The van der Waals surface area contributed by atoms with Crippen LogP contribution in [0.3, 0.4) is 0 Å². The number of aromatic nitrogens is 2. The Labute approximate surface area is 103 Å². The van der Waals surface area contributed by atoms with Crippen molar-refractivity contribution in [2.45, 2.75) is 45.6 Å². The molecule has 0 radical (unpaired) electrons. The summed E-state index contributed by atoms with van der Waals surface area (Å²) in [6.45, 7) is 7.07. The van der Waals surface area contributed by atoms with E-state index >= 15 is 0 Å². The summed E-state index contributed by atoms with van der Waals surface area (Å²) in [7, 11) is 1.90. The van der Waals surface area contributed by atoms with Crippen LogP contribution in [0.4, 0.5) is 0 Å². The third kappa shape index (κ3) is 5.63. The molecule has 0 amide bonds. The molecule has 4 nitrogen and oxygen atoms in total. The smallest absolute Gasteiger partial charge is 0.134 e. The third-order valence-electron chi connectivity index (χ3n) is 2.64. The fourth-order valence-electron chi connectivity index (χ4n) is 1.62. The highest BCUT2D eigenvalue weighted by Gasteiger charge is 2.10. The number of ketones is 1. The van der Waals surface area contributed by atoms with Crippen molar-refractivity contribution in [3.8, 4) is 0 Å². The molecule has 0 aliphatic carbocycles. The Morgan fingerprint density at radius 2 is 2.12 bits per heavy atom. The molecule has 96 valence electrons. The zero-order valence-electron chi connectivity index (χ0n) is 11.3. The van der Waals surface area contributed by atoms with E-state index in [1.807, 2.05) is 17.8 Å². The van der Waals surface area contributed by atoms with Crippen LogP contribution in [0, 0.1) is 0 Å². The van der Waals surface area contributed by atoms with Gasteiger partial charge in [0.05, 0.1) is 0 Å². The Hall–Kier alpha value is -1.16. The zero-order chi connectivity index (χ0) is 12.9. The predicted octanol–water partition coefficient (Wildman–Crippen LogP) is 1.70. The molecule has 0 saturated heterocycles. The van der Waals surface area contributed by atoms with Crippen LogP contribution in [-0.2, 0) is 18.3 Å². The van der Waals surface area contributed by atoms with Crippen molar-refractivity contribution in [3.63, 3.8) is 0 Å². The van der Waals surface area contributed by atoms with Crippen LogP contribution in [0.1, 0.15) is 39.3 Å². The first-order valence-electron chi connectivity index (χ1n) is 6.12. The molecule has 0 fully saturated rings. The van der Waals surface area contributed by atoms with Crippen molar-refractivity contribution in [2.75, 3.05) is 6.54 Å². The molecule has 1 aromatic heterocycles. The Kier molecular flexibility index (Phi) is 4.87. The van der Waals surface area contributed by atoms with Gasteiger partial charge in [0.1, 0.15) is 5.78 Å². The van der Waals surface area contributed by atoms with Gasteiger partial charge in [0.2, 0.25) is 0 Å². The highest BCUT2D eigenvalue weighted by molar-refractivity contribution is 5.78. The molecule has 0 aliphatic rings. The quantitative estimate of drug-likeness (QED) is 0.819. The summed E-state index contributed by atoms with van der Waals surface area (Å²) < 4.78 is 1.82. The predicted molar refractivity (Wildman–Crippen MR) is 68.9 cm³/mol. The number of carbonyl (C=O) groups is 1. The SMILES string of the molecule is Cn1nccc1CCC(=O)CCNC(C)(C)C. The van der Waals surface area contributed by atoms with Crippen LogP contribution in [0.2, 0.25) is 0 Å². The number of Topliss-reactive ketones (excluding diaryl/α,β-unsaturated/α-hetero) is 1. The highest BCUT2D eigenvalue weighted by atomic mass is 16.1. The summed E-state index contributed by atoms with van der Waals surface area (Å²) in [5.74, 6) is 0.308. The molecule has 0 spiro atoms. The van der Waals surface area contributed by atoms with Crippen LogP contribution < -0.4 is 5.32 Å². The van der Waals surface area contributed by atoms with Gasteiger partial charge in [-0.1, -0.05) is 0 Å². The molecule has 17 heavy (non-hydrogen) atoms. The molecule has 1 heterocycles. The molecule has 1 N–H and O–H groups in total. The molecule has 0 saturated carbocycles. The minimum atomic E-state index is 0.0856. The van der Waals surface area contributed by atoms with Gasteiger partial charge in [-0.3, -0.25) is 9.48 Å². The molecule has 0 aliphatic heterocycles. The second kappa shape index (κ2) is 5.96. The van der Waals surface area contributed by atoms with E-state index in [1.165, 1.54) is 0 Å². The largest absolute Gasteiger partial charge is 0.312 e. The Morgan fingerprint density at radius 3 is 2.65 bits per heavy atom. The number of nitrogens with zero attached hydrogens (tertiary/aromatic N) is 2. The zero-order valence-corrected chi connectivity index (χ0v) is 11.3. The molecule has 0 atom stereocenters. The number of rotatable bonds is 6. The standard InChI is InChI=1S/C13H23N3O/c1-13(2,3)14-9-8-12(17)6-5-11-7-10-15-16(11)4/h7,10,14H,5-6,8-9H2,1-4H3. The molecule has 0 bridgehead atoms. The number of carbonyl (C=O) groups excluding carboxylic acids is 1. The summed E-state index contributed by atoms with van der Waals surface area (Å²) in [5, 5.41) is 7.40. The van der Waals surface area contributed by atoms with Gasteiger partial charge in [-0.25, -0.2) is 0 Å². The van der Waals surface area contributed by atoms with Crippen molar-refractivity contribution in [3.05, 3.63) is 18.0 Å². The molecule has 1 aromatic rings. The van der Waals surface area contributed by atoms with E-state index in [-0.39, 0.29) is 5.54 Å². The van der Waals surface area contributed by atoms with E-state index in [0.717, 1.165) is 18.7 Å². The highest BCUT2D eigenvalue weighted by Crippen LogP contribution is 2.03. The lowest BCUT2D eigenvalue weighted by atomic mass is 10.1. The maximum Gasteiger partial charge on any atom is 0.134 e. The van der Waals surface area contributed by atoms with Crippen LogP contribution in [0.15, 0.2) is 12.3 Å². The lowest BCUT2D eigenvalue weighted by molar-refractivity contribution is -0.119. The topological polar surface area (TPSA) is 46.9 Å². The maximum atomic E-state index is 11.7. The van der Waals surface area contributed by atoms with E-state index in [9.17, 15) is 4.79 Å². The molecular weight excluding hydrogens is 214 g/mol. The molecule has 0 aromatic carbocycles. The summed E-state index contributed by atoms with van der Waals surface area (Å²) >= 11 is 0. The Bertz CT molecular complexity index is 363. The molecular formula is C13H23N3O. The minimum absolute atomic E-state index is 0.0856. The second-order valence-electron chi connectivity index (χ2n) is 5.41. The fourth-order valence-corrected chi connectivity index (χ4v) is 1.62. The maximum absolute atomic E-state index is 11.7. The third-order valence-corrected chi connectivity index (χ3v) is 2.64. The van der Waals surface area contributed by atoms with Crippen molar-refractivity contribution in [1.82, 2.24) is 15.1 Å². The van der Waals surface area contributed by atoms with E-state index in [1.54, 1.807) is 6.20 Å². The van der Waals surface area contributed by atoms with E-state index < -0.39 is 0 Å². The fraction of sp³-hybridized carbons (Fsp3) is 0.692. The summed E-state index contributed by atoms with van der Waals surface area (Å²) in [6, 6.07) is 1.96. The van der Waals surface area contributed by atoms with Gasteiger partial charge in [0, 0.05) is 43.9 Å². The van der Waals surface area contributed by atoms with Crippen LogP contribution >= 0.6 is 0 Å². The second-order valence-corrected chi connectivity index (χ2v) is 5.41. The molecule has 0 unspecified atom stereocenters. The van der Waals surface area contributed by atoms with Crippen molar-refractivity contribution < 1.29 is 4.79 Å². The van der Waals surface area contributed by atoms with Gasteiger partial charge in [0.15, 0.2) is 0 Å². The summed E-state index contributed by atoms with van der Waals surface area (Å²) in [4.78, 5) is 11.7. The summed E-state index contributed by atoms with van der Waals surface area (Å²) in [6.07, 6.45) is 3.76. The van der Waals surface area contributed by atoms with Crippen LogP contribution in [-0.4, -0.2) is 27.6 Å². The molecule has 1 rings (SSSR count). The monoisotopic (exact) mass is 237 g/mol. The first kappa shape index (κ1) is 13.9. The number of hydrogen-bond acceptors (Lipinski definition) is 3. The number of nitrogens with one attached hydrogen (secondary N) is 1. The van der Waals surface area contributed by atoms with Crippen molar-refractivity contribution in [1.29, 1.82) is 0 Å². The van der Waals surface area contributed by atoms with Gasteiger partial charge < -0.3 is 5.32 Å². The van der Waals surface area contributed by atoms with Crippen molar-refractivity contribution in [2.24, 2.45) is 7.05 Å². The van der Waals surface area contributed by atoms with Gasteiger partial charge in [-0.2, -0.15) is 5.10 Å². The van der Waals surface area contributed by atoms with Gasteiger partial charge in [-0.15, -0.1) is 0 Å². The lowest BCUT2D eigenvalue weighted by Gasteiger charge is -2.20. The number of aryl methyl sites for hydroxylation is 2. The lowest BCUT2D eigenvalue weighted by Crippen LogP contribution is -2.37.